The maximum Gasteiger partial charge on any atom is 0.315 e. The molecule has 0 spiro atoms. The molecule has 2 aliphatic heterocycles. The molecule has 36 heavy (non-hydrogen) atoms. The van der Waals surface area contributed by atoms with Gasteiger partial charge in [-0.25, -0.2) is 0 Å². The predicted molar refractivity (Wildman–Crippen MR) is 137 cm³/mol. The van der Waals surface area contributed by atoms with E-state index in [-0.39, 0.29) is 54.8 Å². The Morgan fingerprint density at radius 1 is 1.00 bits per heavy atom. The fourth-order valence-electron chi connectivity index (χ4n) is 6.38. The lowest BCUT2D eigenvalue weighted by Crippen LogP contribution is -2.50. The van der Waals surface area contributed by atoms with Crippen LogP contribution in [0.2, 0.25) is 0 Å². The molecule has 3 aliphatic rings. The van der Waals surface area contributed by atoms with Crippen molar-refractivity contribution in [2.24, 2.45) is 11.8 Å². The minimum Gasteiger partial charge on any atom is -0.466 e. The second kappa shape index (κ2) is 10.7. The third-order valence-corrected chi connectivity index (χ3v) is 7.94. The lowest BCUT2D eigenvalue weighted by atomic mass is 9.79. The highest BCUT2D eigenvalue weighted by Crippen LogP contribution is 2.51. The van der Waals surface area contributed by atoms with Crippen molar-refractivity contribution in [3.05, 3.63) is 65.7 Å². The van der Waals surface area contributed by atoms with Crippen LogP contribution in [-0.2, 0) is 19.1 Å². The highest BCUT2D eigenvalue weighted by Gasteiger charge is 2.48. The molecule has 0 unspecified atom stereocenters. The van der Waals surface area contributed by atoms with Gasteiger partial charge >= 0.3 is 5.97 Å². The molecule has 7 heteroatoms. The molecule has 2 N–H and O–H groups in total. The highest BCUT2D eigenvalue weighted by atomic mass is 16.5. The molecule has 2 fully saturated rings. The molecule has 1 saturated heterocycles. The summed E-state index contributed by atoms with van der Waals surface area (Å²) >= 11 is 0. The summed E-state index contributed by atoms with van der Waals surface area (Å²) in [4.78, 5) is 40.5. The van der Waals surface area contributed by atoms with Crippen LogP contribution in [0.15, 0.2) is 54.6 Å². The number of benzene rings is 2. The van der Waals surface area contributed by atoms with Crippen LogP contribution in [-0.4, -0.2) is 41.9 Å². The van der Waals surface area contributed by atoms with E-state index in [4.69, 9.17) is 4.74 Å². The number of nitrogens with one attached hydrogen (secondary N) is 2. The molecular formula is C29H35N3O4. The number of fused-ring (bicyclic) bond motifs is 3. The van der Waals surface area contributed by atoms with E-state index in [1.807, 2.05) is 18.2 Å². The molecule has 2 aromatic carbocycles. The first-order chi connectivity index (χ1) is 17.6. The number of esters is 1. The molecule has 2 aromatic rings. The van der Waals surface area contributed by atoms with Gasteiger partial charge in [0.15, 0.2) is 0 Å². The number of ether oxygens (including phenoxy) is 1. The summed E-state index contributed by atoms with van der Waals surface area (Å²) in [6.07, 6.45) is 4.04. The number of carbonyl (C=O) groups excluding carboxylic acids is 3. The third-order valence-electron chi connectivity index (χ3n) is 7.94. The summed E-state index contributed by atoms with van der Waals surface area (Å²) in [7, 11) is 0. The topological polar surface area (TPSA) is 87.7 Å². The molecule has 5 rings (SSSR count). The van der Waals surface area contributed by atoms with Gasteiger partial charge in [-0.1, -0.05) is 61.4 Å². The van der Waals surface area contributed by atoms with Gasteiger partial charge in [0.1, 0.15) is 6.42 Å². The monoisotopic (exact) mass is 489 g/mol. The number of hydrogen-bond acceptors (Lipinski definition) is 5. The Hall–Kier alpha value is -3.35. The number of nitrogens with zero attached hydrogens (tertiary/aromatic N) is 1. The SMILES string of the molecule is CCOC(=O)CC(=O)N[C@@H]1CCCC[C@@H]1C(=O)N1CC[C@H]2[C@H](c3ccccc3)Nc3ccccc3[C@@H]21. The van der Waals surface area contributed by atoms with Crippen molar-refractivity contribution < 1.29 is 19.1 Å². The maximum atomic E-state index is 14.1. The Balaban J connectivity index is 1.38. The van der Waals surface area contributed by atoms with Crippen LogP contribution < -0.4 is 10.6 Å². The number of anilines is 1. The number of carbonyl (C=O) groups is 3. The molecule has 0 radical (unpaired) electrons. The van der Waals surface area contributed by atoms with Crippen LogP contribution in [0.5, 0.6) is 0 Å². The molecule has 190 valence electrons. The first-order valence-corrected chi connectivity index (χ1v) is 13.2. The van der Waals surface area contributed by atoms with E-state index in [1.54, 1.807) is 6.92 Å². The lowest BCUT2D eigenvalue weighted by Gasteiger charge is -2.42. The summed E-state index contributed by atoms with van der Waals surface area (Å²) < 4.78 is 4.92. The lowest BCUT2D eigenvalue weighted by molar-refractivity contribution is -0.146. The van der Waals surface area contributed by atoms with Crippen LogP contribution >= 0.6 is 0 Å². The van der Waals surface area contributed by atoms with E-state index < -0.39 is 5.97 Å². The predicted octanol–water partition coefficient (Wildman–Crippen LogP) is 4.37. The molecule has 5 atom stereocenters. The van der Waals surface area contributed by atoms with Gasteiger partial charge in [-0.3, -0.25) is 14.4 Å². The molecule has 0 aromatic heterocycles. The first-order valence-electron chi connectivity index (χ1n) is 13.2. The van der Waals surface area contributed by atoms with Crippen LogP contribution in [0.3, 0.4) is 0 Å². The highest BCUT2D eigenvalue weighted by molar-refractivity contribution is 5.94. The number of likely N-dealkylation sites (tertiary alicyclic amines) is 1. The Bertz CT molecular complexity index is 1100. The van der Waals surface area contributed by atoms with Gasteiger partial charge in [0.25, 0.3) is 0 Å². The van der Waals surface area contributed by atoms with E-state index in [9.17, 15) is 14.4 Å². The van der Waals surface area contributed by atoms with E-state index >= 15 is 0 Å². The van der Waals surface area contributed by atoms with Gasteiger partial charge in [0.05, 0.1) is 24.6 Å². The fourth-order valence-corrected chi connectivity index (χ4v) is 6.38. The molecule has 2 amide bonds. The van der Waals surface area contributed by atoms with Gasteiger partial charge in [-0.15, -0.1) is 0 Å². The van der Waals surface area contributed by atoms with Crippen LogP contribution in [0.4, 0.5) is 5.69 Å². The van der Waals surface area contributed by atoms with Crippen molar-refractivity contribution in [2.45, 2.75) is 63.6 Å². The molecule has 2 heterocycles. The number of hydrogen-bond donors (Lipinski definition) is 2. The van der Waals surface area contributed by atoms with Crippen LogP contribution in [0.1, 0.15) is 68.7 Å². The molecular weight excluding hydrogens is 454 g/mol. The van der Waals surface area contributed by atoms with Crippen LogP contribution in [0, 0.1) is 11.8 Å². The van der Waals surface area contributed by atoms with Crippen molar-refractivity contribution in [1.82, 2.24) is 10.2 Å². The van der Waals surface area contributed by atoms with E-state index in [0.717, 1.165) is 37.8 Å². The summed E-state index contributed by atoms with van der Waals surface area (Å²) in [5.74, 6) is -0.789. The fraction of sp³-hybridized carbons (Fsp3) is 0.483. The van der Waals surface area contributed by atoms with E-state index in [2.05, 4.69) is 51.9 Å². The van der Waals surface area contributed by atoms with E-state index in [0.29, 0.717) is 6.54 Å². The van der Waals surface area contributed by atoms with Gasteiger partial charge in [-0.05, 0) is 43.4 Å². The van der Waals surface area contributed by atoms with Crippen molar-refractivity contribution in [3.8, 4) is 0 Å². The average molecular weight is 490 g/mol. The second-order valence-corrected chi connectivity index (χ2v) is 10.1. The number of para-hydroxylation sites is 1. The third kappa shape index (κ3) is 4.84. The van der Waals surface area contributed by atoms with Gasteiger partial charge in [0, 0.05) is 24.2 Å². The Morgan fingerprint density at radius 3 is 2.56 bits per heavy atom. The second-order valence-electron chi connectivity index (χ2n) is 10.1. The van der Waals surface area contributed by atoms with Crippen molar-refractivity contribution in [3.63, 3.8) is 0 Å². The number of rotatable bonds is 6. The Morgan fingerprint density at radius 2 is 1.75 bits per heavy atom. The smallest absolute Gasteiger partial charge is 0.315 e. The van der Waals surface area contributed by atoms with Crippen molar-refractivity contribution >= 4 is 23.5 Å². The number of amides is 2. The Kier molecular flexibility index (Phi) is 7.25. The maximum absolute atomic E-state index is 14.1. The van der Waals surface area contributed by atoms with E-state index in [1.165, 1.54) is 11.1 Å². The zero-order valence-corrected chi connectivity index (χ0v) is 20.8. The molecule has 7 nitrogen and oxygen atoms in total. The summed E-state index contributed by atoms with van der Waals surface area (Å²) in [5.41, 5.74) is 3.48. The summed E-state index contributed by atoms with van der Waals surface area (Å²) in [5, 5.41) is 6.74. The zero-order valence-electron chi connectivity index (χ0n) is 20.8. The minimum absolute atomic E-state index is 0.00188. The summed E-state index contributed by atoms with van der Waals surface area (Å²) in [6.45, 7) is 2.66. The molecule has 1 aliphatic carbocycles. The standard InChI is InChI=1S/C29H35N3O4/c1-2-36-26(34)18-25(33)30-24-15-9-7-13-21(24)29(35)32-17-16-22-27(19-10-4-3-5-11-19)31-23-14-8-6-12-20(23)28(22)32/h3-6,8,10-12,14,21-22,24,27-28,31H,2,7,9,13,15-18H2,1H3,(H,30,33)/t21-,22-,24+,27-,28-/m0/s1. The first kappa shape index (κ1) is 24.3. The molecule has 0 bridgehead atoms. The molecule has 1 saturated carbocycles. The van der Waals surface area contributed by atoms with Gasteiger partial charge < -0.3 is 20.3 Å². The Labute approximate surface area is 212 Å². The van der Waals surface area contributed by atoms with Crippen molar-refractivity contribution in [2.75, 3.05) is 18.5 Å². The van der Waals surface area contributed by atoms with Gasteiger partial charge in [-0.2, -0.15) is 0 Å². The van der Waals surface area contributed by atoms with Gasteiger partial charge in [0.2, 0.25) is 11.8 Å². The van der Waals surface area contributed by atoms with Crippen LogP contribution in [0.25, 0.3) is 0 Å². The summed E-state index contributed by atoms with van der Waals surface area (Å²) in [6, 6.07) is 18.7. The quantitative estimate of drug-likeness (QED) is 0.465. The van der Waals surface area contributed by atoms with Crippen molar-refractivity contribution in [1.29, 1.82) is 0 Å². The minimum atomic E-state index is -0.533. The zero-order chi connectivity index (χ0) is 25.1. The average Bonchev–Trinajstić information content (AvgIpc) is 3.34. The largest absolute Gasteiger partial charge is 0.466 e. The normalized spacial score (nSPS) is 26.8.